The van der Waals surface area contributed by atoms with Gasteiger partial charge in [-0.3, -0.25) is 4.79 Å². The molecular weight excluding hydrogens is 373 g/mol. The van der Waals surface area contributed by atoms with Crippen molar-refractivity contribution in [1.29, 1.82) is 0 Å². The molecule has 0 radical (unpaired) electrons. The van der Waals surface area contributed by atoms with Crippen molar-refractivity contribution < 1.29 is 4.79 Å². The van der Waals surface area contributed by atoms with Crippen LogP contribution in [0, 0.1) is 6.92 Å². The van der Waals surface area contributed by atoms with Crippen molar-refractivity contribution in [2.24, 2.45) is 0 Å². The summed E-state index contributed by atoms with van der Waals surface area (Å²) >= 11 is 14.1. The zero-order chi connectivity index (χ0) is 17.6. The minimum atomic E-state index is -0.168. The molecule has 0 saturated carbocycles. The summed E-state index contributed by atoms with van der Waals surface area (Å²) in [5, 5.41) is 4.77. The second-order valence-corrected chi connectivity index (χ2v) is 7.52. The van der Waals surface area contributed by atoms with Crippen LogP contribution in [0.1, 0.15) is 21.5 Å². The van der Waals surface area contributed by atoms with Gasteiger partial charge in [0.25, 0.3) is 0 Å². The summed E-state index contributed by atoms with van der Waals surface area (Å²) in [5.41, 5.74) is 3.11. The Balaban J connectivity index is 1.95. The van der Waals surface area contributed by atoms with E-state index in [1.165, 1.54) is 5.56 Å². The number of hydrogen-bond donors (Lipinski definition) is 0. The van der Waals surface area contributed by atoms with Gasteiger partial charge in [0.05, 0.1) is 26.1 Å². The number of aryl methyl sites for hydroxylation is 1. The van der Waals surface area contributed by atoms with Gasteiger partial charge in [0.2, 0.25) is 0 Å². The van der Waals surface area contributed by atoms with Gasteiger partial charge in [-0.15, -0.1) is 11.3 Å². The number of benzene rings is 2. The fraction of sp³-hybridized carbons (Fsp3) is 0.0500. The number of nitrogens with zero attached hydrogens (tertiary/aromatic N) is 1. The Labute approximate surface area is 159 Å². The molecule has 2 nitrogen and oxygen atoms in total. The summed E-state index contributed by atoms with van der Waals surface area (Å²) in [7, 11) is 0. The Morgan fingerprint density at radius 3 is 2.44 bits per heavy atom. The molecule has 0 unspecified atom stereocenters. The minimum absolute atomic E-state index is 0.168. The molecule has 4 aromatic rings. The van der Waals surface area contributed by atoms with E-state index >= 15 is 0 Å². The largest absolute Gasteiger partial charge is 0.307 e. The average molecular weight is 386 g/mol. The molecule has 0 atom stereocenters. The Hall–Kier alpha value is -2.07. The summed E-state index contributed by atoms with van der Waals surface area (Å²) in [4.78, 5) is 13.2. The first-order valence-electron chi connectivity index (χ1n) is 7.70. The van der Waals surface area contributed by atoms with E-state index in [4.69, 9.17) is 23.2 Å². The normalized spacial score (nSPS) is 11.2. The van der Waals surface area contributed by atoms with Crippen molar-refractivity contribution in [3.8, 4) is 5.00 Å². The van der Waals surface area contributed by atoms with Crippen molar-refractivity contribution in [3.63, 3.8) is 0 Å². The summed E-state index contributed by atoms with van der Waals surface area (Å²) in [6.07, 6.45) is 1.87. The minimum Gasteiger partial charge on any atom is -0.307 e. The Morgan fingerprint density at radius 1 is 1.04 bits per heavy atom. The highest BCUT2D eigenvalue weighted by Gasteiger charge is 2.21. The van der Waals surface area contributed by atoms with Crippen LogP contribution in [0.2, 0.25) is 10.0 Å². The number of para-hydroxylation sites is 1. The number of carbonyl (C=O) groups excluding carboxylic acids is 1. The van der Waals surface area contributed by atoms with Crippen LogP contribution in [-0.4, -0.2) is 10.4 Å². The van der Waals surface area contributed by atoms with Gasteiger partial charge in [0, 0.05) is 17.1 Å². The second-order valence-electron chi connectivity index (χ2n) is 5.82. The quantitative estimate of drug-likeness (QED) is 0.367. The molecule has 0 fully saturated rings. The molecule has 2 aromatic carbocycles. The second kappa shape index (κ2) is 6.34. The highest BCUT2D eigenvalue weighted by Crippen LogP contribution is 2.33. The maximum atomic E-state index is 13.2. The molecule has 0 amide bonds. The number of thiophene rings is 1. The predicted molar refractivity (Wildman–Crippen MR) is 106 cm³/mol. The predicted octanol–water partition coefficient (Wildman–Crippen LogP) is 6.54. The third-order valence-electron chi connectivity index (χ3n) is 4.10. The summed E-state index contributed by atoms with van der Waals surface area (Å²) in [5.74, 6) is -0.168. The zero-order valence-electron chi connectivity index (χ0n) is 13.3. The maximum absolute atomic E-state index is 13.2. The van der Waals surface area contributed by atoms with Gasteiger partial charge in [0.15, 0.2) is 5.78 Å². The molecule has 124 valence electrons. The topological polar surface area (TPSA) is 22.0 Å². The molecule has 4 rings (SSSR count). The van der Waals surface area contributed by atoms with Crippen LogP contribution < -0.4 is 0 Å². The lowest BCUT2D eigenvalue weighted by atomic mass is 10.0. The van der Waals surface area contributed by atoms with E-state index in [1.807, 2.05) is 35.0 Å². The molecule has 0 saturated heterocycles. The van der Waals surface area contributed by atoms with E-state index in [1.54, 1.807) is 29.5 Å². The van der Waals surface area contributed by atoms with Crippen LogP contribution in [0.4, 0.5) is 0 Å². The number of halogens is 2. The Bertz CT molecular complexity index is 1090. The van der Waals surface area contributed by atoms with Gasteiger partial charge >= 0.3 is 0 Å². The van der Waals surface area contributed by atoms with Crippen LogP contribution in [-0.2, 0) is 0 Å². The zero-order valence-corrected chi connectivity index (χ0v) is 15.6. The molecular formula is C20H13Cl2NOS. The number of fused-ring (bicyclic) bond motifs is 1. The average Bonchev–Trinajstić information content (AvgIpc) is 3.18. The van der Waals surface area contributed by atoms with E-state index < -0.39 is 0 Å². The summed E-state index contributed by atoms with van der Waals surface area (Å²) in [6, 6.07) is 15.1. The van der Waals surface area contributed by atoms with Gasteiger partial charge in [-0.2, -0.15) is 0 Å². The lowest BCUT2D eigenvalue weighted by molar-refractivity contribution is 0.104. The molecule has 2 aromatic heterocycles. The lowest BCUT2D eigenvalue weighted by Gasteiger charge is -2.05. The van der Waals surface area contributed by atoms with E-state index in [-0.39, 0.29) is 5.78 Å². The summed E-state index contributed by atoms with van der Waals surface area (Å²) < 4.78 is 2.05. The first-order chi connectivity index (χ1) is 12.1. The van der Waals surface area contributed by atoms with Crippen LogP contribution in [0.5, 0.6) is 0 Å². The molecule has 0 bridgehead atoms. The number of hydrogen-bond acceptors (Lipinski definition) is 2. The third kappa shape index (κ3) is 2.78. The van der Waals surface area contributed by atoms with Crippen molar-refractivity contribution >= 4 is 51.2 Å². The van der Waals surface area contributed by atoms with Gasteiger partial charge in [-0.05, 0) is 42.1 Å². The molecule has 0 aliphatic heterocycles. The highest BCUT2D eigenvalue weighted by molar-refractivity contribution is 7.12. The number of ketones is 1. The van der Waals surface area contributed by atoms with Crippen molar-refractivity contribution in [1.82, 2.24) is 4.57 Å². The summed E-state index contributed by atoms with van der Waals surface area (Å²) in [6.45, 7) is 2.06. The standard InChI is InChI=1S/C20H13Cl2NOS/c1-12-9-18(25-11-12)23-10-14(13-5-2-3-8-17(13)23)20(24)19-15(21)6-4-7-16(19)22/h2-11H,1H3. The molecule has 25 heavy (non-hydrogen) atoms. The smallest absolute Gasteiger partial charge is 0.198 e. The molecule has 0 spiro atoms. The fourth-order valence-electron chi connectivity index (χ4n) is 2.93. The van der Waals surface area contributed by atoms with Gasteiger partial charge in [-0.1, -0.05) is 47.5 Å². The van der Waals surface area contributed by atoms with Crippen molar-refractivity contribution in [2.45, 2.75) is 6.92 Å². The monoisotopic (exact) mass is 385 g/mol. The fourth-order valence-corrected chi connectivity index (χ4v) is 4.40. The first-order valence-corrected chi connectivity index (χ1v) is 9.34. The third-order valence-corrected chi connectivity index (χ3v) is 5.78. The molecule has 5 heteroatoms. The lowest BCUT2D eigenvalue weighted by Crippen LogP contribution is -2.02. The number of rotatable bonds is 3. The molecule has 2 heterocycles. The van der Waals surface area contributed by atoms with E-state index in [9.17, 15) is 4.79 Å². The van der Waals surface area contributed by atoms with Crippen LogP contribution in [0.15, 0.2) is 60.1 Å². The van der Waals surface area contributed by atoms with Crippen LogP contribution >= 0.6 is 34.5 Å². The molecule has 0 N–H and O–H groups in total. The number of carbonyl (C=O) groups is 1. The van der Waals surface area contributed by atoms with E-state index in [0.29, 0.717) is 21.2 Å². The van der Waals surface area contributed by atoms with Crippen molar-refractivity contribution in [3.05, 3.63) is 86.8 Å². The maximum Gasteiger partial charge on any atom is 0.198 e. The Morgan fingerprint density at radius 2 is 1.76 bits per heavy atom. The van der Waals surface area contributed by atoms with Gasteiger partial charge < -0.3 is 4.57 Å². The highest BCUT2D eigenvalue weighted by atomic mass is 35.5. The van der Waals surface area contributed by atoms with Gasteiger partial charge in [-0.25, -0.2) is 0 Å². The first kappa shape index (κ1) is 16.4. The Kier molecular flexibility index (Phi) is 4.16. The van der Waals surface area contributed by atoms with Gasteiger partial charge in [0.1, 0.15) is 0 Å². The van der Waals surface area contributed by atoms with E-state index in [0.717, 1.165) is 15.9 Å². The SMILES string of the molecule is Cc1csc(-n2cc(C(=O)c3c(Cl)cccc3Cl)c3ccccc32)c1. The van der Waals surface area contributed by atoms with Crippen LogP contribution in [0.25, 0.3) is 15.9 Å². The van der Waals surface area contributed by atoms with E-state index in [2.05, 4.69) is 18.4 Å². The number of aromatic nitrogens is 1. The molecule has 0 aliphatic rings. The molecule has 0 aliphatic carbocycles. The van der Waals surface area contributed by atoms with Crippen molar-refractivity contribution in [2.75, 3.05) is 0 Å². The van der Waals surface area contributed by atoms with Crippen LogP contribution in [0.3, 0.4) is 0 Å².